The van der Waals surface area contributed by atoms with Gasteiger partial charge in [0.1, 0.15) is 11.5 Å². The number of aryl methyl sites for hydroxylation is 2. The normalized spacial score (nSPS) is 12.7. The quantitative estimate of drug-likeness (QED) is 0.775. The number of rotatable bonds is 5. The molecule has 0 fully saturated rings. The molecule has 2 rings (SSSR count). The van der Waals surface area contributed by atoms with Crippen LogP contribution in [0, 0.1) is 13.8 Å². The third kappa shape index (κ3) is 3.46. The van der Waals surface area contributed by atoms with Crippen LogP contribution in [0.4, 0.5) is 0 Å². The third-order valence-corrected chi connectivity index (χ3v) is 4.18. The van der Waals surface area contributed by atoms with Gasteiger partial charge in [0.15, 0.2) is 0 Å². The molecule has 2 nitrogen and oxygen atoms in total. The zero-order valence-corrected chi connectivity index (χ0v) is 14.3. The first-order valence-corrected chi connectivity index (χ1v) is 7.95. The summed E-state index contributed by atoms with van der Waals surface area (Å²) < 4.78 is 6.69. The first kappa shape index (κ1) is 15.6. The number of nitrogens with one attached hydrogen (secondary N) is 1. The van der Waals surface area contributed by atoms with Crippen LogP contribution in [-0.2, 0) is 0 Å². The van der Waals surface area contributed by atoms with Gasteiger partial charge < -0.3 is 9.73 Å². The molecule has 1 atom stereocenters. The highest BCUT2D eigenvalue weighted by molar-refractivity contribution is 9.10. The van der Waals surface area contributed by atoms with Crippen LogP contribution in [0.3, 0.4) is 0 Å². The van der Waals surface area contributed by atoms with Gasteiger partial charge in [-0.25, -0.2) is 0 Å². The van der Waals surface area contributed by atoms with Crippen molar-refractivity contribution in [3.8, 4) is 0 Å². The molecular weight excluding hydrogens is 338 g/mol. The van der Waals surface area contributed by atoms with Crippen molar-refractivity contribution >= 4 is 27.5 Å². The van der Waals surface area contributed by atoms with Gasteiger partial charge in [-0.05, 0) is 50.6 Å². The van der Waals surface area contributed by atoms with E-state index in [1.165, 1.54) is 11.1 Å². The molecule has 0 saturated heterocycles. The Morgan fingerprint density at radius 3 is 2.55 bits per heavy atom. The Balaban J connectivity index is 2.44. The fourth-order valence-corrected chi connectivity index (χ4v) is 3.26. The summed E-state index contributed by atoms with van der Waals surface area (Å²) in [6.07, 6.45) is 1.08. The second kappa shape index (κ2) is 6.79. The van der Waals surface area contributed by atoms with Crippen molar-refractivity contribution in [3.05, 3.63) is 56.4 Å². The van der Waals surface area contributed by atoms with Crippen LogP contribution >= 0.6 is 27.5 Å². The Hall–Kier alpha value is -0.770. The smallest absolute Gasteiger partial charge is 0.106 e. The van der Waals surface area contributed by atoms with Crippen LogP contribution < -0.4 is 5.32 Å². The molecule has 1 aromatic carbocycles. The Bertz CT molecular complexity index is 594. The first-order valence-electron chi connectivity index (χ1n) is 6.78. The Morgan fingerprint density at radius 2 is 2.00 bits per heavy atom. The van der Waals surface area contributed by atoms with E-state index >= 15 is 0 Å². The van der Waals surface area contributed by atoms with Gasteiger partial charge in [-0.15, -0.1) is 0 Å². The van der Waals surface area contributed by atoms with E-state index in [9.17, 15) is 0 Å². The third-order valence-electron chi connectivity index (χ3n) is 3.26. The Kier molecular flexibility index (Phi) is 5.30. The van der Waals surface area contributed by atoms with Crippen LogP contribution in [0.2, 0.25) is 5.02 Å². The van der Waals surface area contributed by atoms with Gasteiger partial charge in [-0.1, -0.05) is 40.5 Å². The molecule has 20 heavy (non-hydrogen) atoms. The average Bonchev–Trinajstić information content (AvgIpc) is 2.71. The molecule has 0 saturated carbocycles. The largest absolute Gasteiger partial charge is 0.466 e. The van der Waals surface area contributed by atoms with E-state index in [4.69, 9.17) is 16.0 Å². The van der Waals surface area contributed by atoms with E-state index in [0.717, 1.165) is 34.0 Å². The molecule has 1 heterocycles. The maximum Gasteiger partial charge on any atom is 0.106 e. The summed E-state index contributed by atoms with van der Waals surface area (Å²) >= 11 is 9.65. The fraction of sp³-hybridized carbons (Fsp3) is 0.375. The summed E-state index contributed by atoms with van der Waals surface area (Å²) in [6, 6.07) is 8.12. The van der Waals surface area contributed by atoms with Crippen molar-refractivity contribution in [2.45, 2.75) is 33.2 Å². The number of hydrogen-bond acceptors (Lipinski definition) is 2. The predicted octanol–water partition coefficient (Wildman–Crippen LogP) is 5.40. The molecule has 0 aliphatic carbocycles. The molecule has 1 N–H and O–H groups in total. The average molecular weight is 357 g/mol. The van der Waals surface area contributed by atoms with E-state index in [1.807, 2.05) is 26.0 Å². The number of benzene rings is 1. The zero-order valence-electron chi connectivity index (χ0n) is 12.0. The lowest BCUT2D eigenvalue weighted by Crippen LogP contribution is -2.23. The molecule has 0 spiro atoms. The van der Waals surface area contributed by atoms with E-state index in [1.54, 1.807) is 0 Å². The summed E-state index contributed by atoms with van der Waals surface area (Å²) in [5.74, 6) is 1.89. The van der Waals surface area contributed by atoms with Crippen LogP contribution in [-0.4, -0.2) is 6.54 Å². The second-order valence-electron chi connectivity index (χ2n) is 4.92. The van der Waals surface area contributed by atoms with Gasteiger partial charge >= 0.3 is 0 Å². The van der Waals surface area contributed by atoms with Crippen LogP contribution in [0.5, 0.6) is 0 Å². The van der Waals surface area contributed by atoms with Crippen molar-refractivity contribution in [2.75, 3.05) is 6.54 Å². The summed E-state index contributed by atoms with van der Waals surface area (Å²) in [5.41, 5.74) is 2.35. The summed E-state index contributed by atoms with van der Waals surface area (Å²) in [7, 11) is 0. The maximum absolute atomic E-state index is 6.04. The SMILES string of the molecule is CCCNC(c1ccc(Cl)cc1Br)c1cc(C)oc1C. The van der Waals surface area contributed by atoms with Gasteiger partial charge in [0.25, 0.3) is 0 Å². The summed E-state index contributed by atoms with van der Waals surface area (Å²) in [6.45, 7) is 7.09. The molecule has 108 valence electrons. The molecule has 0 aliphatic rings. The van der Waals surface area contributed by atoms with E-state index in [-0.39, 0.29) is 6.04 Å². The van der Waals surface area contributed by atoms with Crippen LogP contribution in [0.1, 0.15) is 42.0 Å². The lowest BCUT2D eigenvalue weighted by atomic mass is 9.98. The number of hydrogen-bond donors (Lipinski definition) is 1. The summed E-state index contributed by atoms with van der Waals surface area (Å²) in [4.78, 5) is 0. The molecule has 4 heteroatoms. The minimum absolute atomic E-state index is 0.110. The zero-order chi connectivity index (χ0) is 14.7. The lowest BCUT2D eigenvalue weighted by molar-refractivity contribution is 0.493. The number of furan rings is 1. The fourth-order valence-electron chi connectivity index (χ4n) is 2.35. The molecule has 0 aliphatic heterocycles. The molecule has 1 unspecified atom stereocenters. The highest BCUT2D eigenvalue weighted by Crippen LogP contribution is 2.33. The van der Waals surface area contributed by atoms with Crippen molar-refractivity contribution in [1.82, 2.24) is 5.32 Å². The standard InChI is InChI=1S/C16H19BrClNO/c1-4-7-19-16(14-8-10(2)20-11(14)3)13-6-5-12(18)9-15(13)17/h5-6,8-9,16,19H,4,7H2,1-3H3. The van der Waals surface area contributed by atoms with Gasteiger partial charge in [0, 0.05) is 15.1 Å². The molecule has 2 aromatic rings. The van der Waals surface area contributed by atoms with E-state index in [0.29, 0.717) is 0 Å². The molecular formula is C16H19BrClNO. The Morgan fingerprint density at radius 1 is 1.25 bits per heavy atom. The highest BCUT2D eigenvalue weighted by Gasteiger charge is 2.20. The van der Waals surface area contributed by atoms with Gasteiger partial charge in [0.2, 0.25) is 0 Å². The van der Waals surface area contributed by atoms with E-state index < -0.39 is 0 Å². The minimum atomic E-state index is 0.110. The van der Waals surface area contributed by atoms with Crippen LogP contribution in [0.25, 0.3) is 0 Å². The Labute approximate surface area is 133 Å². The second-order valence-corrected chi connectivity index (χ2v) is 6.21. The molecule has 0 amide bonds. The topological polar surface area (TPSA) is 25.2 Å². The highest BCUT2D eigenvalue weighted by atomic mass is 79.9. The van der Waals surface area contributed by atoms with Gasteiger partial charge in [0.05, 0.1) is 6.04 Å². The summed E-state index contributed by atoms with van der Waals surface area (Å²) in [5, 5.41) is 4.31. The molecule has 0 radical (unpaired) electrons. The molecule has 0 bridgehead atoms. The van der Waals surface area contributed by atoms with Crippen molar-refractivity contribution in [1.29, 1.82) is 0 Å². The van der Waals surface area contributed by atoms with Gasteiger partial charge in [-0.3, -0.25) is 0 Å². The van der Waals surface area contributed by atoms with Crippen molar-refractivity contribution in [3.63, 3.8) is 0 Å². The van der Waals surface area contributed by atoms with Crippen LogP contribution in [0.15, 0.2) is 33.2 Å². The number of halogens is 2. The van der Waals surface area contributed by atoms with Gasteiger partial charge in [-0.2, -0.15) is 0 Å². The van der Waals surface area contributed by atoms with Crippen molar-refractivity contribution in [2.24, 2.45) is 0 Å². The predicted molar refractivity (Wildman–Crippen MR) is 87.5 cm³/mol. The van der Waals surface area contributed by atoms with E-state index in [2.05, 4.69) is 40.3 Å². The molecule has 1 aromatic heterocycles. The lowest BCUT2D eigenvalue weighted by Gasteiger charge is -2.20. The maximum atomic E-state index is 6.04. The first-order chi connectivity index (χ1) is 9.52. The minimum Gasteiger partial charge on any atom is -0.466 e. The monoisotopic (exact) mass is 355 g/mol. The van der Waals surface area contributed by atoms with Crippen molar-refractivity contribution < 1.29 is 4.42 Å².